The van der Waals surface area contributed by atoms with Crippen molar-refractivity contribution in [3.63, 3.8) is 0 Å². The molecule has 0 fully saturated rings. The summed E-state index contributed by atoms with van der Waals surface area (Å²) in [6.07, 6.45) is 2.52. The van der Waals surface area contributed by atoms with Crippen LogP contribution in [0.25, 0.3) is 0 Å². The maximum atomic E-state index is 5.92. The highest BCUT2D eigenvalue weighted by molar-refractivity contribution is 5.37. The zero-order valence-corrected chi connectivity index (χ0v) is 11.1. The topological polar surface area (TPSA) is 21.3 Å². The van der Waals surface area contributed by atoms with Crippen molar-refractivity contribution >= 4 is 0 Å². The molecule has 1 N–H and O–H groups in total. The second kappa shape index (κ2) is 5.54. The van der Waals surface area contributed by atoms with Crippen molar-refractivity contribution in [2.75, 3.05) is 6.54 Å². The Hall–Kier alpha value is -1.02. The average molecular weight is 233 g/mol. The number of rotatable bonds is 5. The van der Waals surface area contributed by atoms with E-state index in [2.05, 4.69) is 44.3 Å². The fourth-order valence-electron chi connectivity index (χ4n) is 2.50. The van der Waals surface area contributed by atoms with Gasteiger partial charge in [0.05, 0.1) is 0 Å². The van der Waals surface area contributed by atoms with Gasteiger partial charge in [-0.25, -0.2) is 0 Å². The van der Waals surface area contributed by atoms with Crippen LogP contribution in [-0.2, 0) is 6.42 Å². The predicted molar refractivity (Wildman–Crippen MR) is 71.5 cm³/mol. The number of fused-ring (bicyclic) bond motifs is 1. The lowest BCUT2D eigenvalue weighted by atomic mass is 10.0. The van der Waals surface area contributed by atoms with E-state index in [1.165, 1.54) is 12.0 Å². The van der Waals surface area contributed by atoms with Crippen molar-refractivity contribution in [1.29, 1.82) is 0 Å². The van der Waals surface area contributed by atoms with Crippen LogP contribution in [0.5, 0.6) is 5.75 Å². The van der Waals surface area contributed by atoms with E-state index < -0.39 is 0 Å². The maximum Gasteiger partial charge on any atom is 0.123 e. The van der Waals surface area contributed by atoms with Crippen LogP contribution in [0.2, 0.25) is 0 Å². The minimum absolute atomic E-state index is 0.306. The molecule has 2 rings (SSSR count). The summed E-state index contributed by atoms with van der Waals surface area (Å²) in [6.45, 7) is 7.73. The van der Waals surface area contributed by atoms with Crippen LogP contribution >= 0.6 is 0 Å². The molecule has 0 amide bonds. The lowest BCUT2D eigenvalue weighted by Gasteiger charge is -2.22. The Morgan fingerprint density at radius 1 is 1.35 bits per heavy atom. The van der Waals surface area contributed by atoms with Gasteiger partial charge in [0.1, 0.15) is 11.9 Å². The highest BCUT2D eigenvalue weighted by Crippen LogP contribution is 2.27. The molecule has 1 aromatic rings. The van der Waals surface area contributed by atoms with Crippen LogP contribution in [0.3, 0.4) is 0 Å². The molecule has 2 atom stereocenters. The molecule has 0 bridgehead atoms. The van der Waals surface area contributed by atoms with Crippen molar-refractivity contribution in [3.05, 3.63) is 29.8 Å². The first-order valence-electron chi connectivity index (χ1n) is 6.68. The van der Waals surface area contributed by atoms with E-state index in [0.717, 1.165) is 18.7 Å². The molecule has 1 aromatic carbocycles. The molecule has 94 valence electrons. The van der Waals surface area contributed by atoms with Crippen LogP contribution in [-0.4, -0.2) is 18.7 Å². The van der Waals surface area contributed by atoms with Crippen molar-refractivity contribution in [1.82, 2.24) is 5.32 Å². The average Bonchev–Trinajstić information content (AvgIpc) is 2.71. The van der Waals surface area contributed by atoms with Gasteiger partial charge in [-0.15, -0.1) is 0 Å². The van der Waals surface area contributed by atoms with Crippen molar-refractivity contribution in [3.8, 4) is 5.75 Å². The van der Waals surface area contributed by atoms with Crippen molar-refractivity contribution in [2.24, 2.45) is 5.92 Å². The van der Waals surface area contributed by atoms with Gasteiger partial charge in [-0.1, -0.05) is 39.0 Å². The minimum atomic E-state index is 0.306. The first kappa shape index (κ1) is 12.4. The molecule has 2 unspecified atom stereocenters. The van der Waals surface area contributed by atoms with E-state index in [-0.39, 0.29) is 0 Å². The van der Waals surface area contributed by atoms with Gasteiger partial charge in [-0.05, 0) is 24.0 Å². The lowest BCUT2D eigenvalue weighted by Crippen LogP contribution is -2.39. The van der Waals surface area contributed by atoms with E-state index in [1.54, 1.807) is 0 Å². The molecule has 0 aliphatic carbocycles. The number of benzene rings is 1. The summed E-state index contributed by atoms with van der Waals surface area (Å²) in [4.78, 5) is 0. The Morgan fingerprint density at radius 3 is 2.76 bits per heavy atom. The van der Waals surface area contributed by atoms with Crippen LogP contribution in [0.15, 0.2) is 24.3 Å². The summed E-state index contributed by atoms with van der Waals surface area (Å²) < 4.78 is 5.92. The van der Waals surface area contributed by atoms with Crippen LogP contribution in [0, 0.1) is 5.92 Å². The standard InChI is InChI=1S/C15H23NO/c1-4-14(11(2)3)16-10-13-9-12-7-5-6-8-15(12)17-13/h5-8,11,13-14,16H,4,9-10H2,1-3H3. The first-order chi connectivity index (χ1) is 8.20. The van der Waals surface area contributed by atoms with E-state index >= 15 is 0 Å². The molecular formula is C15H23NO. The van der Waals surface area contributed by atoms with E-state index in [4.69, 9.17) is 4.74 Å². The number of hydrogen-bond donors (Lipinski definition) is 1. The molecule has 1 heterocycles. The van der Waals surface area contributed by atoms with E-state index in [0.29, 0.717) is 18.1 Å². The van der Waals surface area contributed by atoms with Crippen molar-refractivity contribution in [2.45, 2.75) is 45.8 Å². The molecule has 17 heavy (non-hydrogen) atoms. The fourth-order valence-corrected chi connectivity index (χ4v) is 2.50. The van der Waals surface area contributed by atoms with E-state index in [1.807, 2.05) is 6.07 Å². The molecule has 0 aromatic heterocycles. The lowest BCUT2D eigenvalue weighted by molar-refractivity contribution is 0.213. The summed E-state index contributed by atoms with van der Waals surface area (Å²) in [5.41, 5.74) is 1.34. The van der Waals surface area contributed by atoms with Gasteiger partial charge in [0, 0.05) is 19.0 Å². The second-order valence-corrected chi connectivity index (χ2v) is 5.22. The summed E-state index contributed by atoms with van der Waals surface area (Å²) in [6, 6.07) is 8.95. The third-order valence-electron chi connectivity index (χ3n) is 3.57. The molecule has 2 nitrogen and oxygen atoms in total. The quantitative estimate of drug-likeness (QED) is 0.844. The molecule has 0 saturated heterocycles. The number of ether oxygens (including phenoxy) is 1. The summed E-state index contributed by atoms with van der Waals surface area (Å²) >= 11 is 0. The first-order valence-corrected chi connectivity index (χ1v) is 6.68. The third kappa shape index (κ3) is 3.01. The Morgan fingerprint density at radius 2 is 2.12 bits per heavy atom. The Labute approximate surface area is 104 Å². The highest BCUT2D eigenvalue weighted by atomic mass is 16.5. The zero-order chi connectivity index (χ0) is 12.3. The molecule has 0 radical (unpaired) electrons. The van der Waals surface area contributed by atoms with E-state index in [9.17, 15) is 0 Å². The molecule has 0 spiro atoms. The van der Waals surface area contributed by atoms with Crippen LogP contribution < -0.4 is 10.1 Å². The van der Waals surface area contributed by atoms with Crippen molar-refractivity contribution < 1.29 is 4.74 Å². The van der Waals surface area contributed by atoms with Crippen LogP contribution in [0.4, 0.5) is 0 Å². The number of nitrogens with one attached hydrogen (secondary N) is 1. The summed E-state index contributed by atoms with van der Waals surface area (Å²) in [7, 11) is 0. The Bertz CT molecular complexity index is 337. The Kier molecular flexibility index (Phi) is 4.06. The van der Waals surface area contributed by atoms with Gasteiger partial charge < -0.3 is 10.1 Å². The minimum Gasteiger partial charge on any atom is -0.488 e. The van der Waals surface area contributed by atoms with Crippen LogP contribution in [0.1, 0.15) is 32.8 Å². The normalized spacial score (nSPS) is 20.1. The largest absolute Gasteiger partial charge is 0.488 e. The van der Waals surface area contributed by atoms with Gasteiger partial charge in [0.25, 0.3) is 0 Å². The number of para-hydroxylation sites is 1. The molecule has 1 aliphatic rings. The van der Waals surface area contributed by atoms with Gasteiger partial charge in [-0.3, -0.25) is 0 Å². The van der Waals surface area contributed by atoms with Gasteiger partial charge >= 0.3 is 0 Å². The highest BCUT2D eigenvalue weighted by Gasteiger charge is 2.23. The summed E-state index contributed by atoms with van der Waals surface area (Å²) in [5, 5.41) is 3.62. The predicted octanol–water partition coefficient (Wildman–Crippen LogP) is 3.01. The monoisotopic (exact) mass is 233 g/mol. The van der Waals surface area contributed by atoms with Gasteiger partial charge in [0.2, 0.25) is 0 Å². The number of hydrogen-bond acceptors (Lipinski definition) is 2. The second-order valence-electron chi connectivity index (χ2n) is 5.22. The SMILES string of the molecule is CCC(NCC1Cc2ccccc2O1)C(C)C. The smallest absolute Gasteiger partial charge is 0.123 e. The van der Waals surface area contributed by atoms with Gasteiger partial charge in [-0.2, -0.15) is 0 Å². The van der Waals surface area contributed by atoms with Gasteiger partial charge in [0.15, 0.2) is 0 Å². The fraction of sp³-hybridized carbons (Fsp3) is 0.600. The third-order valence-corrected chi connectivity index (χ3v) is 3.57. The zero-order valence-electron chi connectivity index (χ0n) is 11.1. The Balaban J connectivity index is 1.84. The molecule has 0 saturated carbocycles. The molecular weight excluding hydrogens is 210 g/mol. The summed E-state index contributed by atoms with van der Waals surface area (Å²) in [5.74, 6) is 1.75. The molecule has 1 aliphatic heterocycles. The maximum absolute atomic E-state index is 5.92. The molecule has 2 heteroatoms.